The molecule has 0 aliphatic carbocycles. The Morgan fingerprint density at radius 1 is 0.543 bits per heavy atom. The molecule has 2 aromatic rings. The Hall–Kier alpha value is -1.57. The summed E-state index contributed by atoms with van der Waals surface area (Å²) in [5, 5.41) is 0. The molecule has 2 heteroatoms. The minimum atomic E-state index is 1.10. The van der Waals surface area contributed by atoms with Crippen LogP contribution >= 0.6 is 0 Å². The van der Waals surface area contributed by atoms with Crippen molar-refractivity contribution in [3.8, 4) is 0 Å². The third kappa shape index (κ3) is 14.6. The monoisotopic (exact) mass is 480 g/mol. The minimum absolute atomic E-state index is 1.10. The normalized spacial score (nSPS) is 11.4. The van der Waals surface area contributed by atoms with Gasteiger partial charge in [-0.2, -0.15) is 0 Å². The van der Waals surface area contributed by atoms with Crippen LogP contribution in [0.1, 0.15) is 147 Å². The van der Waals surface area contributed by atoms with Gasteiger partial charge >= 0.3 is 0 Å². The van der Waals surface area contributed by atoms with Crippen molar-refractivity contribution in [2.75, 3.05) is 0 Å². The molecule has 0 bridgehead atoms. The Morgan fingerprint density at radius 2 is 1.09 bits per heavy atom. The maximum absolute atomic E-state index is 5.10. The molecular formula is C33H56N2. The average molecular weight is 481 g/mol. The van der Waals surface area contributed by atoms with Gasteiger partial charge in [-0.15, -0.1) is 0 Å². The van der Waals surface area contributed by atoms with Crippen molar-refractivity contribution in [2.24, 2.45) is 0 Å². The lowest BCUT2D eigenvalue weighted by Gasteiger charge is -2.08. The molecule has 1 aromatic carbocycles. The third-order valence-electron chi connectivity index (χ3n) is 7.41. The predicted octanol–water partition coefficient (Wildman–Crippen LogP) is 10.3. The molecule has 0 saturated carbocycles. The highest BCUT2D eigenvalue weighted by atomic mass is 15.1. The quantitative estimate of drug-likeness (QED) is 0.145. The first kappa shape index (κ1) is 29.7. The molecule has 0 atom stereocenters. The summed E-state index contributed by atoms with van der Waals surface area (Å²) in [5.74, 6) is 1.35. The second-order valence-electron chi connectivity index (χ2n) is 10.7. The number of rotatable bonds is 23. The number of unbranched alkanes of at least 4 members (excludes halogenated alkanes) is 15. The van der Waals surface area contributed by atoms with Gasteiger partial charge in [0.1, 0.15) is 5.82 Å². The van der Waals surface area contributed by atoms with Crippen molar-refractivity contribution in [2.45, 2.75) is 155 Å². The van der Waals surface area contributed by atoms with E-state index in [1.54, 1.807) is 0 Å². The van der Waals surface area contributed by atoms with Crippen molar-refractivity contribution in [1.82, 2.24) is 9.55 Å². The van der Waals surface area contributed by atoms with Crippen LogP contribution in [-0.2, 0) is 25.8 Å². The van der Waals surface area contributed by atoms with Gasteiger partial charge in [-0.1, -0.05) is 140 Å². The van der Waals surface area contributed by atoms with Gasteiger partial charge in [0.2, 0.25) is 0 Å². The van der Waals surface area contributed by atoms with Gasteiger partial charge < -0.3 is 4.57 Å². The molecule has 0 N–H and O–H groups in total. The molecule has 2 nitrogen and oxygen atoms in total. The lowest BCUT2D eigenvalue weighted by atomic mass is 10.0. The van der Waals surface area contributed by atoms with Crippen LogP contribution in [0.5, 0.6) is 0 Å². The van der Waals surface area contributed by atoms with E-state index in [4.69, 9.17) is 4.98 Å². The van der Waals surface area contributed by atoms with Crippen LogP contribution in [0.3, 0.4) is 0 Å². The molecule has 0 amide bonds. The summed E-state index contributed by atoms with van der Waals surface area (Å²) in [6, 6.07) is 10.9. The fourth-order valence-electron chi connectivity index (χ4n) is 5.15. The SMILES string of the molecule is CCCCCCCCCCCCCCCc1nc(CCCc2ccccc2)cn1CCCCCC. The summed E-state index contributed by atoms with van der Waals surface area (Å²) < 4.78 is 2.49. The van der Waals surface area contributed by atoms with Crippen molar-refractivity contribution in [3.05, 3.63) is 53.6 Å². The number of hydrogen-bond acceptors (Lipinski definition) is 1. The van der Waals surface area contributed by atoms with E-state index < -0.39 is 0 Å². The Labute approximate surface area is 218 Å². The minimum Gasteiger partial charge on any atom is -0.335 e. The highest BCUT2D eigenvalue weighted by molar-refractivity contribution is 5.15. The van der Waals surface area contributed by atoms with Gasteiger partial charge in [0, 0.05) is 19.2 Å². The lowest BCUT2D eigenvalue weighted by Crippen LogP contribution is -2.03. The van der Waals surface area contributed by atoms with E-state index in [2.05, 4.69) is 54.9 Å². The number of hydrogen-bond donors (Lipinski definition) is 0. The fraction of sp³-hybridized carbons (Fsp3) is 0.727. The van der Waals surface area contributed by atoms with E-state index in [9.17, 15) is 0 Å². The van der Waals surface area contributed by atoms with Crippen LogP contribution in [0.25, 0.3) is 0 Å². The number of imidazole rings is 1. The van der Waals surface area contributed by atoms with Crippen LogP contribution in [0.2, 0.25) is 0 Å². The molecule has 0 aliphatic rings. The van der Waals surface area contributed by atoms with Gasteiger partial charge in [0.25, 0.3) is 0 Å². The second kappa shape index (κ2) is 20.6. The molecule has 35 heavy (non-hydrogen) atoms. The first-order chi connectivity index (χ1) is 17.3. The van der Waals surface area contributed by atoms with Crippen molar-refractivity contribution in [1.29, 1.82) is 0 Å². The third-order valence-corrected chi connectivity index (χ3v) is 7.41. The molecule has 0 fully saturated rings. The zero-order valence-corrected chi connectivity index (χ0v) is 23.4. The predicted molar refractivity (Wildman–Crippen MR) is 154 cm³/mol. The first-order valence-corrected chi connectivity index (χ1v) is 15.4. The zero-order valence-electron chi connectivity index (χ0n) is 23.4. The van der Waals surface area contributed by atoms with Crippen LogP contribution in [-0.4, -0.2) is 9.55 Å². The Kier molecular flexibility index (Phi) is 17.5. The zero-order chi connectivity index (χ0) is 24.8. The molecule has 0 radical (unpaired) electrons. The average Bonchev–Trinajstić information content (AvgIpc) is 3.27. The molecule has 0 unspecified atom stereocenters. The molecule has 198 valence electrons. The molecule has 2 rings (SSSR count). The number of nitrogens with zero attached hydrogens (tertiary/aromatic N) is 2. The number of aryl methyl sites for hydroxylation is 4. The maximum Gasteiger partial charge on any atom is 0.108 e. The fourth-order valence-corrected chi connectivity index (χ4v) is 5.15. The summed E-state index contributed by atoms with van der Waals surface area (Å²) in [6.45, 7) is 5.75. The molecule has 0 aliphatic heterocycles. The molecule has 0 spiro atoms. The van der Waals surface area contributed by atoms with E-state index in [1.807, 2.05) is 0 Å². The summed E-state index contributed by atoms with van der Waals surface area (Å²) in [6.07, 6.45) is 30.7. The molecule has 1 heterocycles. The van der Waals surface area contributed by atoms with Crippen LogP contribution in [0, 0.1) is 0 Å². The summed E-state index contributed by atoms with van der Waals surface area (Å²) in [5.41, 5.74) is 2.75. The first-order valence-electron chi connectivity index (χ1n) is 15.4. The van der Waals surface area contributed by atoms with E-state index in [0.717, 1.165) is 25.8 Å². The Bertz CT molecular complexity index is 718. The lowest BCUT2D eigenvalue weighted by molar-refractivity contribution is 0.530. The van der Waals surface area contributed by atoms with Gasteiger partial charge in [-0.05, 0) is 37.7 Å². The van der Waals surface area contributed by atoms with Crippen molar-refractivity contribution >= 4 is 0 Å². The standard InChI is InChI=1S/C33H56N2/c1-3-5-7-9-10-11-12-13-14-15-16-17-21-28-33-34-32(30-35(33)29-22-8-6-4-2)27-23-26-31-24-19-18-20-25-31/h18-20,24-25,30H,3-17,21-23,26-29H2,1-2H3. The van der Waals surface area contributed by atoms with Crippen LogP contribution in [0.15, 0.2) is 36.5 Å². The Balaban J connectivity index is 1.62. The summed E-state index contributed by atoms with van der Waals surface area (Å²) >= 11 is 0. The van der Waals surface area contributed by atoms with E-state index in [0.29, 0.717) is 0 Å². The largest absolute Gasteiger partial charge is 0.335 e. The molecular weight excluding hydrogens is 424 g/mol. The molecule has 1 aromatic heterocycles. The smallest absolute Gasteiger partial charge is 0.108 e. The van der Waals surface area contributed by atoms with Crippen molar-refractivity contribution < 1.29 is 0 Å². The van der Waals surface area contributed by atoms with E-state index in [1.165, 1.54) is 133 Å². The van der Waals surface area contributed by atoms with Crippen LogP contribution in [0.4, 0.5) is 0 Å². The Morgan fingerprint density at radius 3 is 1.69 bits per heavy atom. The van der Waals surface area contributed by atoms with Gasteiger partial charge in [-0.3, -0.25) is 0 Å². The van der Waals surface area contributed by atoms with Gasteiger partial charge in [0.05, 0.1) is 5.69 Å². The summed E-state index contributed by atoms with van der Waals surface area (Å²) in [7, 11) is 0. The van der Waals surface area contributed by atoms with Gasteiger partial charge in [-0.25, -0.2) is 4.98 Å². The topological polar surface area (TPSA) is 17.8 Å². The number of aromatic nitrogens is 2. The van der Waals surface area contributed by atoms with E-state index in [-0.39, 0.29) is 0 Å². The van der Waals surface area contributed by atoms with E-state index >= 15 is 0 Å². The highest BCUT2D eigenvalue weighted by Crippen LogP contribution is 2.16. The van der Waals surface area contributed by atoms with Gasteiger partial charge in [0.15, 0.2) is 0 Å². The van der Waals surface area contributed by atoms with Crippen molar-refractivity contribution in [3.63, 3.8) is 0 Å². The molecule has 0 saturated heterocycles. The summed E-state index contributed by atoms with van der Waals surface area (Å²) in [4.78, 5) is 5.10. The maximum atomic E-state index is 5.10. The second-order valence-corrected chi connectivity index (χ2v) is 10.7. The number of benzene rings is 1. The highest BCUT2D eigenvalue weighted by Gasteiger charge is 2.08. The van der Waals surface area contributed by atoms with Crippen LogP contribution < -0.4 is 0 Å².